The van der Waals surface area contributed by atoms with Crippen LogP contribution in [0.25, 0.3) is 21.5 Å². The number of carbonyl (C=O) groups excluding carboxylic acids is 1. The Kier molecular flexibility index (Phi) is 6.07. The summed E-state index contributed by atoms with van der Waals surface area (Å²) in [4.78, 5) is 23.7. The highest BCUT2D eigenvalue weighted by atomic mass is 35.5. The number of amides is 1. The largest absolute Gasteiger partial charge is 0.397 e. The van der Waals surface area contributed by atoms with Gasteiger partial charge in [-0.05, 0) is 55.5 Å². The second kappa shape index (κ2) is 8.98. The Morgan fingerprint density at radius 2 is 1.88 bits per heavy atom. The van der Waals surface area contributed by atoms with Gasteiger partial charge in [-0.3, -0.25) is 10.1 Å². The number of nitrogens with two attached hydrogens (primary N) is 1. The summed E-state index contributed by atoms with van der Waals surface area (Å²) in [5.74, 6) is -0.277. The number of pyridine rings is 1. The van der Waals surface area contributed by atoms with Crippen LogP contribution in [0.2, 0.25) is 10.0 Å². The molecule has 164 valence electrons. The summed E-state index contributed by atoms with van der Waals surface area (Å²) in [5, 5.41) is 7.14. The van der Waals surface area contributed by atoms with E-state index in [1.165, 1.54) is 47.5 Å². The van der Waals surface area contributed by atoms with Crippen molar-refractivity contribution in [2.24, 2.45) is 0 Å². The summed E-state index contributed by atoms with van der Waals surface area (Å²) in [6.07, 6.45) is 6.83. The smallest absolute Gasteiger partial charge is 0.269 e. The molecule has 0 saturated heterocycles. The predicted octanol–water partition coefficient (Wildman–Crippen LogP) is 7.22. The lowest BCUT2D eigenvalue weighted by molar-refractivity contribution is 0.103. The molecule has 1 aliphatic rings. The number of thiophene rings is 1. The number of thiazole rings is 1. The van der Waals surface area contributed by atoms with Crippen LogP contribution in [0.15, 0.2) is 29.6 Å². The van der Waals surface area contributed by atoms with Gasteiger partial charge < -0.3 is 5.73 Å². The molecule has 0 bridgehead atoms. The molecule has 4 aromatic rings. The Balaban J connectivity index is 1.41. The second-order valence-electron chi connectivity index (χ2n) is 7.82. The van der Waals surface area contributed by atoms with E-state index in [4.69, 9.17) is 33.9 Å². The first-order valence-electron chi connectivity index (χ1n) is 10.4. The number of hydrogen-bond donors (Lipinski definition) is 2. The number of nitrogens with one attached hydrogen (secondary N) is 1. The molecule has 0 saturated carbocycles. The van der Waals surface area contributed by atoms with Crippen LogP contribution in [0.3, 0.4) is 0 Å². The molecule has 5 nitrogen and oxygen atoms in total. The van der Waals surface area contributed by atoms with Gasteiger partial charge in [0.1, 0.15) is 9.71 Å². The molecule has 3 N–H and O–H groups in total. The number of anilines is 2. The summed E-state index contributed by atoms with van der Waals surface area (Å²) >= 11 is 14.9. The van der Waals surface area contributed by atoms with Crippen molar-refractivity contribution in [1.82, 2.24) is 9.97 Å². The third-order valence-electron chi connectivity index (χ3n) is 5.64. The fraction of sp³-hybridized carbons (Fsp3) is 0.261. The van der Waals surface area contributed by atoms with E-state index in [0.29, 0.717) is 31.4 Å². The predicted molar refractivity (Wildman–Crippen MR) is 135 cm³/mol. The maximum absolute atomic E-state index is 13.0. The minimum atomic E-state index is -0.277. The van der Waals surface area contributed by atoms with Crippen LogP contribution in [0, 0.1) is 0 Å². The topological polar surface area (TPSA) is 80.9 Å². The van der Waals surface area contributed by atoms with E-state index < -0.39 is 0 Å². The van der Waals surface area contributed by atoms with E-state index in [9.17, 15) is 4.79 Å². The summed E-state index contributed by atoms with van der Waals surface area (Å²) < 4.78 is 0. The third-order valence-corrected chi connectivity index (χ3v) is 8.06. The van der Waals surface area contributed by atoms with E-state index in [2.05, 4.69) is 16.4 Å². The number of aromatic nitrogens is 2. The molecule has 0 spiro atoms. The molecule has 1 aliphatic carbocycles. The number of nitrogen functional groups attached to an aromatic ring is 1. The molecule has 3 aromatic heterocycles. The molecule has 1 aromatic carbocycles. The van der Waals surface area contributed by atoms with Crippen LogP contribution in [0.1, 0.15) is 46.6 Å². The second-order valence-corrected chi connectivity index (χ2v) is 10.5. The normalized spacial score (nSPS) is 14.1. The van der Waals surface area contributed by atoms with Gasteiger partial charge in [0.05, 0.1) is 16.4 Å². The van der Waals surface area contributed by atoms with Crippen LogP contribution in [0.4, 0.5) is 10.8 Å². The van der Waals surface area contributed by atoms with Gasteiger partial charge in [0.15, 0.2) is 5.13 Å². The number of aryl methyl sites for hydroxylation is 2. The van der Waals surface area contributed by atoms with Gasteiger partial charge >= 0.3 is 0 Å². The van der Waals surface area contributed by atoms with Gasteiger partial charge in [-0.1, -0.05) is 36.0 Å². The van der Waals surface area contributed by atoms with E-state index in [1.807, 2.05) is 11.4 Å². The van der Waals surface area contributed by atoms with Crippen LogP contribution < -0.4 is 11.1 Å². The zero-order valence-corrected chi connectivity index (χ0v) is 20.2. The first-order valence-corrected chi connectivity index (χ1v) is 12.9. The van der Waals surface area contributed by atoms with Crippen molar-refractivity contribution in [3.63, 3.8) is 0 Å². The molecule has 0 unspecified atom stereocenters. The fourth-order valence-corrected chi connectivity index (χ4v) is 6.19. The van der Waals surface area contributed by atoms with Gasteiger partial charge in [0.2, 0.25) is 0 Å². The van der Waals surface area contributed by atoms with Gasteiger partial charge in [-0.2, -0.15) is 0 Å². The first kappa shape index (κ1) is 21.6. The minimum Gasteiger partial charge on any atom is -0.397 e. The number of halogens is 2. The Morgan fingerprint density at radius 1 is 1.06 bits per heavy atom. The Bertz CT molecular complexity index is 1330. The molecule has 32 heavy (non-hydrogen) atoms. The molecule has 0 fully saturated rings. The zero-order valence-electron chi connectivity index (χ0n) is 17.1. The summed E-state index contributed by atoms with van der Waals surface area (Å²) in [5.41, 5.74) is 10.7. The third kappa shape index (κ3) is 4.22. The zero-order chi connectivity index (χ0) is 22.2. The Labute approximate surface area is 203 Å². The van der Waals surface area contributed by atoms with Crippen molar-refractivity contribution in [2.45, 2.75) is 38.5 Å². The molecule has 0 atom stereocenters. The number of rotatable bonds is 3. The monoisotopic (exact) mass is 502 g/mol. The van der Waals surface area contributed by atoms with Crippen LogP contribution in [-0.2, 0) is 12.8 Å². The van der Waals surface area contributed by atoms with Crippen molar-refractivity contribution in [1.29, 1.82) is 0 Å². The number of hydrogen-bond acceptors (Lipinski definition) is 6. The Morgan fingerprint density at radius 3 is 2.69 bits per heavy atom. The highest BCUT2D eigenvalue weighted by Gasteiger charge is 2.21. The van der Waals surface area contributed by atoms with Crippen molar-refractivity contribution in [3.05, 3.63) is 55.8 Å². The average molecular weight is 503 g/mol. The molecular weight excluding hydrogens is 483 g/mol. The molecule has 0 aliphatic heterocycles. The molecule has 9 heteroatoms. The SMILES string of the molecule is Nc1c(C(=O)Nc2nc(-c3ccc(Cl)cc3Cl)cs2)sc2nc3c(cc12)CCCCCC3. The lowest BCUT2D eigenvalue weighted by Gasteiger charge is -2.12. The van der Waals surface area contributed by atoms with E-state index in [0.717, 1.165) is 40.7 Å². The van der Waals surface area contributed by atoms with Gasteiger partial charge in [0.25, 0.3) is 5.91 Å². The molecule has 3 heterocycles. The Hall–Kier alpha value is -2.19. The van der Waals surface area contributed by atoms with Crippen molar-refractivity contribution < 1.29 is 4.79 Å². The van der Waals surface area contributed by atoms with Gasteiger partial charge in [-0.25, -0.2) is 9.97 Å². The van der Waals surface area contributed by atoms with E-state index in [1.54, 1.807) is 12.1 Å². The maximum Gasteiger partial charge on any atom is 0.269 e. The minimum absolute atomic E-state index is 0.277. The standard InChI is InChI=1S/C23H20Cl2N4OS2/c24-13-7-8-14(16(25)10-13)18-11-31-23(28-18)29-21(30)20-19(26)15-9-12-5-3-1-2-4-6-17(12)27-22(15)32-20/h7-11H,1-6,26H2,(H,28,29,30). The fourth-order valence-electron chi connectivity index (χ4n) is 3.99. The highest BCUT2D eigenvalue weighted by Crippen LogP contribution is 2.36. The summed E-state index contributed by atoms with van der Waals surface area (Å²) in [6.45, 7) is 0. The quantitative estimate of drug-likeness (QED) is 0.309. The number of carbonyl (C=O) groups is 1. The number of benzene rings is 1. The maximum atomic E-state index is 13.0. The van der Waals surface area contributed by atoms with Gasteiger partial charge in [0, 0.05) is 27.0 Å². The lowest BCUT2D eigenvalue weighted by atomic mass is 9.96. The van der Waals surface area contributed by atoms with Crippen LogP contribution in [0.5, 0.6) is 0 Å². The lowest BCUT2D eigenvalue weighted by Crippen LogP contribution is -2.11. The number of fused-ring (bicyclic) bond motifs is 2. The number of nitrogens with zero attached hydrogens (tertiary/aromatic N) is 2. The molecule has 0 radical (unpaired) electrons. The average Bonchev–Trinajstić information content (AvgIpc) is 3.32. The van der Waals surface area contributed by atoms with Crippen LogP contribution >= 0.6 is 45.9 Å². The van der Waals surface area contributed by atoms with E-state index in [-0.39, 0.29) is 5.91 Å². The van der Waals surface area contributed by atoms with Crippen molar-refractivity contribution >= 4 is 72.8 Å². The molecular formula is C23H20Cl2N4OS2. The van der Waals surface area contributed by atoms with E-state index >= 15 is 0 Å². The van der Waals surface area contributed by atoms with Crippen LogP contribution in [-0.4, -0.2) is 15.9 Å². The molecule has 1 amide bonds. The molecule has 5 rings (SSSR count). The highest BCUT2D eigenvalue weighted by molar-refractivity contribution is 7.21. The van der Waals surface area contributed by atoms with Crippen molar-refractivity contribution in [2.75, 3.05) is 11.1 Å². The van der Waals surface area contributed by atoms with Crippen molar-refractivity contribution in [3.8, 4) is 11.3 Å². The summed E-state index contributed by atoms with van der Waals surface area (Å²) in [6, 6.07) is 7.38. The summed E-state index contributed by atoms with van der Waals surface area (Å²) in [7, 11) is 0. The first-order chi connectivity index (χ1) is 15.5. The van der Waals surface area contributed by atoms with Gasteiger partial charge in [-0.15, -0.1) is 22.7 Å².